The number of hydrogen-bond acceptors (Lipinski definition) is 9. The molecular weight excluding hydrogens is 649 g/mol. The van der Waals surface area contributed by atoms with Crippen molar-refractivity contribution in [1.29, 1.82) is 0 Å². The van der Waals surface area contributed by atoms with Crippen molar-refractivity contribution in [3.8, 4) is 0 Å². The van der Waals surface area contributed by atoms with Crippen LogP contribution in [0.3, 0.4) is 0 Å². The molecule has 0 amide bonds. The van der Waals surface area contributed by atoms with E-state index in [1.54, 1.807) is 0 Å². The Kier molecular flexibility index (Phi) is 31.3. The first-order valence-corrected chi connectivity index (χ1v) is 20.0. The maximum absolute atomic E-state index is 12.5. The van der Waals surface area contributed by atoms with Crippen LogP contribution in [-0.4, -0.2) is 59.9 Å². The van der Waals surface area contributed by atoms with E-state index < -0.39 is 51.1 Å². The highest BCUT2D eigenvalue weighted by atomic mass is 31.2. The smallest absolute Gasteiger partial charge is 0.472 e. The van der Waals surface area contributed by atoms with E-state index in [0.717, 1.165) is 51.4 Å². The number of carboxylic acid groups (broad SMARTS) is 1. The lowest BCUT2D eigenvalue weighted by atomic mass is 10.1. The Balaban J connectivity index is 4.54. The number of carbonyl (C=O) groups is 3. The monoisotopic (exact) mass is 715 g/mol. The lowest BCUT2D eigenvalue weighted by Gasteiger charge is -2.20. The van der Waals surface area contributed by atoms with E-state index in [0.29, 0.717) is 12.8 Å². The average molecular weight is 716 g/mol. The minimum atomic E-state index is -4.71. The van der Waals surface area contributed by atoms with Crippen molar-refractivity contribution in [2.45, 2.75) is 161 Å². The predicted octanol–water partition coefficient (Wildman–Crippen LogP) is 8.89. The van der Waals surface area contributed by atoms with Crippen LogP contribution in [0.1, 0.15) is 149 Å². The van der Waals surface area contributed by atoms with Gasteiger partial charge < -0.3 is 25.2 Å². The van der Waals surface area contributed by atoms with Crippen LogP contribution in [0.4, 0.5) is 0 Å². The molecular formula is C37H66NO10P. The van der Waals surface area contributed by atoms with Gasteiger partial charge in [0.25, 0.3) is 0 Å². The van der Waals surface area contributed by atoms with Crippen molar-refractivity contribution in [2.75, 3.05) is 19.8 Å². The summed E-state index contributed by atoms with van der Waals surface area (Å²) < 4.78 is 32.4. The van der Waals surface area contributed by atoms with Crippen LogP contribution >= 0.6 is 7.82 Å². The van der Waals surface area contributed by atoms with Gasteiger partial charge >= 0.3 is 25.7 Å². The summed E-state index contributed by atoms with van der Waals surface area (Å²) in [5.74, 6) is -2.43. The number of rotatable bonds is 34. The summed E-state index contributed by atoms with van der Waals surface area (Å²) in [4.78, 5) is 45.6. The van der Waals surface area contributed by atoms with E-state index in [2.05, 4.69) is 54.8 Å². The molecule has 3 atom stereocenters. The third-order valence-electron chi connectivity index (χ3n) is 7.64. The third-order valence-corrected chi connectivity index (χ3v) is 8.59. The third kappa shape index (κ3) is 32.7. The van der Waals surface area contributed by atoms with Crippen LogP contribution in [-0.2, 0) is 37.5 Å². The molecule has 284 valence electrons. The maximum atomic E-state index is 12.5. The van der Waals surface area contributed by atoms with Crippen LogP contribution in [0.25, 0.3) is 0 Å². The Labute approximate surface area is 295 Å². The molecule has 11 nitrogen and oxygen atoms in total. The molecule has 12 heteroatoms. The van der Waals surface area contributed by atoms with Gasteiger partial charge in [0.05, 0.1) is 13.2 Å². The largest absolute Gasteiger partial charge is 0.480 e. The fourth-order valence-electron chi connectivity index (χ4n) is 4.66. The summed E-state index contributed by atoms with van der Waals surface area (Å²) in [5, 5.41) is 8.84. The summed E-state index contributed by atoms with van der Waals surface area (Å²) in [7, 11) is -4.71. The number of esters is 2. The summed E-state index contributed by atoms with van der Waals surface area (Å²) >= 11 is 0. The van der Waals surface area contributed by atoms with E-state index in [4.69, 9.17) is 24.8 Å². The van der Waals surface area contributed by atoms with Gasteiger partial charge in [0.2, 0.25) is 0 Å². The fourth-order valence-corrected chi connectivity index (χ4v) is 5.44. The molecule has 0 aromatic heterocycles. The van der Waals surface area contributed by atoms with E-state index in [9.17, 15) is 23.8 Å². The molecule has 0 aliphatic carbocycles. The predicted molar refractivity (Wildman–Crippen MR) is 194 cm³/mol. The highest BCUT2D eigenvalue weighted by Crippen LogP contribution is 2.43. The Hall–Kier alpha value is -2.30. The Morgan fingerprint density at radius 1 is 0.633 bits per heavy atom. The zero-order chi connectivity index (χ0) is 36.4. The quantitative estimate of drug-likeness (QED) is 0.0251. The number of hydrogen-bond donors (Lipinski definition) is 3. The van der Waals surface area contributed by atoms with Gasteiger partial charge in [-0.25, -0.2) is 4.57 Å². The Bertz CT molecular complexity index is 984. The number of carbonyl (C=O) groups excluding carboxylic acids is 2. The molecule has 0 heterocycles. The average Bonchev–Trinajstić information content (AvgIpc) is 3.07. The van der Waals surface area contributed by atoms with Gasteiger partial charge in [-0.1, -0.05) is 121 Å². The second-order valence-electron chi connectivity index (χ2n) is 12.4. The van der Waals surface area contributed by atoms with E-state index in [-0.39, 0.29) is 19.4 Å². The van der Waals surface area contributed by atoms with Crippen LogP contribution in [0.2, 0.25) is 0 Å². The summed E-state index contributed by atoms with van der Waals surface area (Å²) in [6.07, 6.45) is 32.2. The molecule has 0 saturated carbocycles. The fraction of sp³-hybridized carbons (Fsp3) is 0.757. The van der Waals surface area contributed by atoms with Gasteiger partial charge in [0.1, 0.15) is 12.6 Å². The zero-order valence-corrected chi connectivity index (χ0v) is 31.2. The molecule has 0 saturated heterocycles. The molecule has 49 heavy (non-hydrogen) atoms. The zero-order valence-electron chi connectivity index (χ0n) is 30.3. The summed E-state index contributed by atoms with van der Waals surface area (Å²) in [6.45, 7) is 2.69. The molecule has 0 aromatic carbocycles. The van der Waals surface area contributed by atoms with Gasteiger partial charge in [0, 0.05) is 12.8 Å². The van der Waals surface area contributed by atoms with E-state index in [1.807, 2.05) is 0 Å². The van der Waals surface area contributed by atoms with E-state index in [1.165, 1.54) is 57.8 Å². The second kappa shape index (κ2) is 32.9. The first-order chi connectivity index (χ1) is 23.6. The van der Waals surface area contributed by atoms with Gasteiger partial charge in [-0.2, -0.15) is 0 Å². The summed E-state index contributed by atoms with van der Waals surface area (Å²) in [6, 6.07) is -1.52. The molecule has 4 N–H and O–H groups in total. The lowest BCUT2D eigenvalue weighted by Crippen LogP contribution is -2.34. The maximum Gasteiger partial charge on any atom is 0.472 e. The number of nitrogens with two attached hydrogens (primary N) is 1. The first kappa shape index (κ1) is 46.7. The van der Waals surface area contributed by atoms with Crippen LogP contribution in [0.5, 0.6) is 0 Å². The lowest BCUT2D eigenvalue weighted by molar-refractivity contribution is -0.161. The van der Waals surface area contributed by atoms with Crippen molar-refractivity contribution in [2.24, 2.45) is 5.73 Å². The van der Waals surface area contributed by atoms with Crippen LogP contribution < -0.4 is 5.73 Å². The van der Waals surface area contributed by atoms with Gasteiger partial charge in [-0.05, 0) is 51.4 Å². The Morgan fingerprint density at radius 2 is 1.08 bits per heavy atom. The molecule has 0 rings (SSSR count). The number of ether oxygens (including phenoxy) is 2. The molecule has 0 bridgehead atoms. The molecule has 0 aliphatic rings. The van der Waals surface area contributed by atoms with E-state index >= 15 is 0 Å². The molecule has 1 unspecified atom stereocenters. The number of phosphoric acid groups is 1. The van der Waals surface area contributed by atoms with Crippen LogP contribution in [0.15, 0.2) is 36.5 Å². The molecule has 0 spiro atoms. The molecule has 0 aliphatic heterocycles. The topological polar surface area (TPSA) is 172 Å². The van der Waals surface area contributed by atoms with Crippen molar-refractivity contribution >= 4 is 25.7 Å². The standard InChI is InChI=1S/C37H66NO10P/c1-3-5-7-9-11-13-15-16-17-18-19-21-23-25-27-29-36(40)48-33(31-46-49(43,44)47-32-34(38)37(41)42)30-45-35(39)28-26-24-22-20-14-12-10-8-6-4-2/h11,13,16-17,19,21,33-34H,3-10,12,14-15,18,20,22-32,38H2,1-2H3,(H,41,42)(H,43,44)/b13-11-,17-16-,21-19-/t33-,34+/m1/s1. The van der Waals surface area contributed by atoms with Crippen molar-refractivity contribution in [1.82, 2.24) is 0 Å². The van der Waals surface area contributed by atoms with Crippen molar-refractivity contribution < 1.29 is 47.5 Å². The number of allylic oxidation sites excluding steroid dienone is 6. The molecule has 0 fully saturated rings. The highest BCUT2D eigenvalue weighted by Gasteiger charge is 2.28. The first-order valence-electron chi connectivity index (χ1n) is 18.5. The number of phosphoric ester groups is 1. The molecule has 0 aromatic rings. The van der Waals surface area contributed by atoms with Gasteiger partial charge in [-0.15, -0.1) is 0 Å². The second-order valence-corrected chi connectivity index (χ2v) is 13.8. The number of carboxylic acids is 1. The number of aliphatic carboxylic acids is 1. The van der Waals surface area contributed by atoms with Gasteiger partial charge in [-0.3, -0.25) is 23.4 Å². The highest BCUT2D eigenvalue weighted by molar-refractivity contribution is 7.47. The van der Waals surface area contributed by atoms with Crippen molar-refractivity contribution in [3.63, 3.8) is 0 Å². The summed E-state index contributed by atoms with van der Waals surface area (Å²) in [5.41, 5.74) is 5.30. The SMILES string of the molecule is CCCCC/C=C\C/C=C\C/C=C\CCCCC(=O)O[C@H](COC(=O)CCCCCCCCCCCC)COP(=O)(O)OC[C@H](N)C(=O)O. The number of unbranched alkanes of at least 4 members (excludes halogenated alkanes) is 14. The normalized spacial score (nSPS) is 14.4. The van der Waals surface area contributed by atoms with Crippen LogP contribution in [0, 0.1) is 0 Å². The molecule has 0 radical (unpaired) electrons. The van der Waals surface area contributed by atoms with Gasteiger partial charge in [0.15, 0.2) is 6.10 Å². The van der Waals surface area contributed by atoms with Crippen molar-refractivity contribution in [3.05, 3.63) is 36.5 Å². The minimum Gasteiger partial charge on any atom is -0.480 e. The Morgan fingerprint density at radius 3 is 1.65 bits per heavy atom. The minimum absolute atomic E-state index is 0.113.